The molecule has 1 aliphatic rings. The van der Waals surface area contributed by atoms with E-state index in [1.165, 1.54) is 12.1 Å². The molecule has 0 bridgehead atoms. The number of hydrogen-bond acceptors (Lipinski definition) is 7. The lowest BCUT2D eigenvalue weighted by Crippen LogP contribution is -2.56. The van der Waals surface area contributed by atoms with Gasteiger partial charge in [-0.25, -0.2) is 0 Å². The van der Waals surface area contributed by atoms with E-state index in [9.17, 15) is 29.1 Å². The van der Waals surface area contributed by atoms with Gasteiger partial charge in [0.1, 0.15) is 29.6 Å². The number of carbonyl (C=O) groups excluding carboxylic acids is 5. The highest BCUT2D eigenvalue weighted by molar-refractivity contribution is 6.01. The maximum absolute atomic E-state index is 13.9. The fourth-order valence-electron chi connectivity index (χ4n) is 5.93. The second kappa shape index (κ2) is 19.4. The van der Waals surface area contributed by atoms with E-state index in [-0.39, 0.29) is 43.1 Å². The normalized spacial score (nSPS) is 18.8. The average molecular weight is 720 g/mol. The van der Waals surface area contributed by atoms with Crippen molar-refractivity contribution in [3.63, 3.8) is 0 Å². The van der Waals surface area contributed by atoms with Gasteiger partial charge in [0.05, 0.1) is 18.6 Å². The number of carbonyl (C=O) groups is 5. The largest absolute Gasteiger partial charge is 0.508 e. The van der Waals surface area contributed by atoms with Crippen LogP contribution in [0, 0.1) is 0 Å². The van der Waals surface area contributed by atoms with E-state index in [4.69, 9.17) is 4.74 Å². The van der Waals surface area contributed by atoms with Crippen molar-refractivity contribution in [2.24, 2.45) is 0 Å². The molecule has 0 radical (unpaired) electrons. The summed E-state index contributed by atoms with van der Waals surface area (Å²) < 4.78 is 5.92. The van der Waals surface area contributed by atoms with E-state index in [0.29, 0.717) is 24.9 Å². The highest BCUT2D eigenvalue weighted by Gasteiger charge is 2.30. The minimum absolute atomic E-state index is 0.0188. The summed E-state index contributed by atoms with van der Waals surface area (Å²) >= 11 is 0. The lowest BCUT2D eigenvalue weighted by molar-refractivity contribution is -0.133. The standard InChI is InChI=1S/C41H45N5O7/c47-31-20-18-30(19-21-31)26-34-41(52)46-33(25-29-13-5-2-6-14-29)39(50)43-23-10-24-53-36-17-8-7-16-32(36)38(49)45-35(27-37(48)44-34)40(51)42-22-9-15-28-11-3-1-4-12-28/h1-8,11-14,16-21,33-35,47H,9-10,15,22-27H2,(H,42,51)(H,43,50)(H,44,48)(H,45,49)(H,46,52)/t33-,34-,35-/m0/s1. The van der Waals surface area contributed by atoms with Crippen molar-refractivity contribution in [3.05, 3.63) is 131 Å². The van der Waals surface area contributed by atoms with Gasteiger partial charge in [0.15, 0.2) is 0 Å². The summed E-state index contributed by atoms with van der Waals surface area (Å²) in [5.41, 5.74) is 2.74. The minimum Gasteiger partial charge on any atom is -0.508 e. The zero-order valence-electron chi connectivity index (χ0n) is 29.4. The van der Waals surface area contributed by atoms with Crippen molar-refractivity contribution < 1.29 is 33.8 Å². The average Bonchev–Trinajstić information content (AvgIpc) is 3.16. The molecule has 3 atom stereocenters. The summed E-state index contributed by atoms with van der Waals surface area (Å²) in [6.45, 7) is 0.704. The number of para-hydroxylation sites is 1. The number of phenolic OH excluding ortho intramolecular Hbond substituents is 1. The number of ether oxygens (including phenoxy) is 1. The first kappa shape index (κ1) is 38.1. The van der Waals surface area contributed by atoms with E-state index >= 15 is 0 Å². The van der Waals surface area contributed by atoms with Gasteiger partial charge in [0.25, 0.3) is 5.91 Å². The van der Waals surface area contributed by atoms with Gasteiger partial charge in [0.2, 0.25) is 23.6 Å². The van der Waals surface area contributed by atoms with Gasteiger partial charge < -0.3 is 36.4 Å². The first-order valence-electron chi connectivity index (χ1n) is 17.8. The molecule has 53 heavy (non-hydrogen) atoms. The molecule has 1 heterocycles. The second-order valence-corrected chi connectivity index (χ2v) is 12.8. The molecule has 0 unspecified atom stereocenters. The Morgan fingerprint density at radius 1 is 0.717 bits per heavy atom. The summed E-state index contributed by atoms with van der Waals surface area (Å²) in [4.78, 5) is 68.3. The summed E-state index contributed by atoms with van der Waals surface area (Å²) in [5.74, 6) is -2.57. The molecular formula is C41H45N5O7. The zero-order valence-corrected chi connectivity index (χ0v) is 29.4. The minimum atomic E-state index is -1.29. The highest BCUT2D eigenvalue weighted by Crippen LogP contribution is 2.19. The van der Waals surface area contributed by atoms with Crippen LogP contribution in [-0.4, -0.2) is 72.5 Å². The van der Waals surface area contributed by atoms with Crippen LogP contribution in [-0.2, 0) is 38.4 Å². The number of hydrogen-bond donors (Lipinski definition) is 6. The summed E-state index contributed by atoms with van der Waals surface area (Å²) in [6, 6.07) is 28.4. The van der Waals surface area contributed by atoms with Gasteiger partial charge in [-0.3, -0.25) is 24.0 Å². The molecule has 4 aromatic carbocycles. The maximum atomic E-state index is 13.9. The third-order valence-electron chi connectivity index (χ3n) is 8.75. The zero-order chi connectivity index (χ0) is 37.4. The quantitative estimate of drug-likeness (QED) is 0.144. The van der Waals surface area contributed by atoms with E-state index in [1.807, 2.05) is 60.7 Å². The van der Waals surface area contributed by atoms with Crippen LogP contribution in [0.5, 0.6) is 11.5 Å². The number of aromatic hydroxyl groups is 1. The van der Waals surface area contributed by atoms with Crippen molar-refractivity contribution in [1.82, 2.24) is 26.6 Å². The van der Waals surface area contributed by atoms with Crippen LogP contribution in [0.4, 0.5) is 0 Å². The summed E-state index contributed by atoms with van der Waals surface area (Å²) in [6.07, 6.45) is 1.49. The number of amides is 5. The second-order valence-electron chi connectivity index (χ2n) is 12.8. The Kier molecular flexibility index (Phi) is 14.0. The molecule has 0 aromatic heterocycles. The van der Waals surface area contributed by atoms with Crippen LogP contribution >= 0.6 is 0 Å². The van der Waals surface area contributed by atoms with E-state index in [1.54, 1.807) is 36.4 Å². The molecule has 5 amide bonds. The van der Waals surface area contributed by atoms with Crippen molar-refractivity contribution in [1.29, 1.82) is 0 Å². The Morgan fingerprint density at radius 2 is 1.34 bits per heavy atom. The molecule has 276 valence electrons. The number of rotatable bonds is 9. The molecule has 0 spiro atoms. The van der Waals surface area contributed by atoms with Gasteiger partial charge in [0, 0.05) is 25.9 Å². The number of phenols is 1. The van der Waals surface area contributed by atoms with Gasteiger partial charge in [-0.05, 0) is 60.2 Å². The molecule has 1 aliphatic heterocycles. The topological polar surface area (TPSA) is 175 Å². The van der Waals surface area contributed by atoms with E-state index in [2.05, 4.69) is 26.6 Å². The predicted octanol–water partition coefficient (Wildman–Crippen LogP) is 2.98. The number of fused-ring (bicyclic) bond motifs is 1. The smallest absolute Gasteiger partial charge is 0.255 e. The first-order chi connectivity index (χ1) is 25.7. The number of benzene rings is 4. The van der Waals surface area contributed by atoms with Gasteiger partial charge >= 0.3 is 0 Å². The Labute approximate surface area is 308 Å². The fourth-order valence-corrected chi connectivity index (χ4v) is 5.93. The van der Waals surface area contributed by atoms with Crippen LogP contribution in [0.3, 0.4) is 0 Å². The third kappa shape index (κ3) is 12.0. The molecule has 0 aliphatic carbocycles. The number of nitrogens with one attached hydrogen (secondary N) is 5. The van der Waals surface area contributed by atoms with Crippen LogP contribution < -0.4 is 31.3 Å². The van der Waals surface area contributed by atoms with Crippen LogP contribution in [0.15, 0.2) is 109 Å². The Bertz CT molecular complexity index is 1840. The van der Waals surface area contributed by atoms with Crippen LogP contribution in [0.1, 0.15) is 46.3 Å². The molecule has 12 nitrogen and oxygen atoms in total. The summed E-state index contributed by atoms with van der Waals surface area (Å²) in [5, 5.41) is 23.8. The molecule has 0 saturated heterocycles. The molecule has 4 aromatic rings. The Morgan fingerprint density at radius 3 is 2.06 bits per heavy atom. The number of aryl methyl sites for hydroxylation is 1. The van der Waals surface area contributed by atoms with E-state index in [0.717, 1.165) is 17.5 Å². The Balaban J connectivity index is 1.40. The fraction of sp³-hybridized carbons (Fsp3) is 0.293. The van der Waals surface area contributed by atoms with Crippen LogP contribution in [0.2, 0.25) is 0 Å². The Hall–Kier alpha value is -6.17. The van der Waals surface area contributed by atoms with E-state index < -0.39 is 54.1 Å². The van der Waals surface area contributed by atoms with Crippen molar-refractivity contribution in [2.45, 2.75) is 56.7 Å². The highest BCUT2D eigenvalue weighted by atomic mass is 16.5. The van der Waals surface area contributed by atoms with Crippen molar-refractivity contribution >= 4 is 29.5 Å². The van der Waals surface area contributed by atoms with Gasteiger partial charge in [-0.2, -0.15) is 0 Å². The van der Waals surface area contributed by atoms with Crippen molar-refractivity contribution in [3.8, 4) is 11.5 Å². The summed E-state index contributed by atoms with van der Waals surface area (Å²) in [7, 11) is 0. The third-order valence-corrected chi connectivity index (χ3v) is 8.75. The molecule has 6 N–H and O–H groups in total. The maximum Gasteiger partial charge on any atom is 0.255 e. The van der Waals surface area contributed by atoms with Gasteiger partial charge in [-0.15, -0.1) is 0 Å². The monoisotopic (exact) mass is 719 g/mol. The molecule has 12 heteroatoms. The predicted molar refractivity (Wildman–Crippen MR) is 199 cm³/mol. The SMILES string of the molecule is O=C1C[C@@H](C(=O)NCCCc2ccccc2)NC(=O)c2ccccc2OCCCNC(=O)[C@H](Cc2ccccc2)NC(=O)[C@H](Cc2ccc(O)cc2)N1. The molecule has 0 fully saturated rings. The van der Waals surface area contributed by atoms with Crippen LogP contribution in [0.25, 0.3) is 0 Å². The van der Waals surface area contributed by atoms with Gasteiger partial charge in [-0.1, -0.05) is 84.9 Å². The molecular weight excluding hydrogens is 674 g/mol. The van der Waals surface area contributed by atoms with Crippen molar-refractivity contribution in [2.75, 3.05) is 19.7 Å². The molecule has 5 rings (SSSR count). The molecule has 0 saturated carbocycles. The lowest BCUT2D eigenvalue weighted by atomic mass is 10.0. The lowest BCUT2D eigenvalue weighted by Gasteiger charge is -2.25. The first-order valence-corrected chi connectivity index (χ1v) is 17.8.